The molecule has 5 amide bonds. The Kier molecular flexibility index (Phi) is 25.1. The van der Waals surface area contributed by atoms with Crippen LogP contribution in [0.15, 0.2) is 36.9 Å². The summed E-state index contributed by atoms with van der Waals surface area (Å²) < 4.78 is 31.4. The third kappa shape index (κ3) is 21.2. The highest BCUT2D eigenvalue weighted by atomic mass is 16.6. The van der Waals surface area contributed by atoms with Crippen LogP contribution >= 0.6 is 0 Å². The normalized spacial score (nSPS) is 12.0. The van der Waals surface area contributed by atoms with Gasteiger partial charge in [0.15, 0.2) is 0 Å². The molecule has 0 bridgehead atoms. The molecule has 0 aliphatic rings. The predicted molar refractivity (Wildman–Crippen MR) is 231 cm³/mol. The first-order chi connectivity index (χ1) is 29.7. The molecule has 1 unspecified atom stereocenters. The molecule has 0 aliphatic carbocycles. The Morgan fingerprint density at radius 1 is 0.683 bits per heavy atom. The standard InChI is InChI=1S/C44H69N5O14/c1-11-36(51)49(13-3)27-28-60-37(52)30-32(38(53)58-9)18-14-16-24-45-40(55)62-43(5,6)33-20-22-34(23-21-33)44(7,8)63-41(56)46-25-17-15-19-35(39(54)59-10)47-42(57)61-29-26-48(12-2)31(4)50/h11,20-23,32,35H,1,12-19,24-30H2,2-10H3,(H,45,55)(H,46,56)(H,47,57)/t32?,35-/m0/s1. The highest BCUT2D eigenvalue weighted by molar-refractivity contribution is 5.87. The second-order valence-corrected chi connectivity index (χ2v) is 15.4. The summed E-state index contributed by atoms with van der Waals surface area (Å²) in [6, 6.07) is 6.14. The molecule has 1 aromatic rings. The number of unbranched alkanes of at least 4 members (excludes halogenated alkanes) is 2. The Labute approximate surface area is 371 Å². The number of esters is 3. The molecule has 19 nitrogen and oxygen atoms in total. The molecule has 19 heteroatoms. The maximum Gasteiger partial charge on any atom is 0.408 e. The number of alkyl carbamates (subject to hydrolysis) is 3. The topological polar surface area (TPSA) is 235 Å². The number of benzene rings is 1. The lowest BCUT2D eigenvalue weighted by Crippen LogP contribution is -2.42. The highest BCUT2D eigenvalue weighted by Crippen LogP contribution is 2.30. The van der Waals surface area contributed by atoms with Crippen LogP contribution in [0, 0.1) is 5.92 Å². The third-order valence-electron chi connectivity index (χ3n) is 10.0. The summed E-state index contributed by atoms with van der Waals surface area (Å²) in [5, 5.41) is 7.90. The maximum absolute atomic E-state index is 12.7. The fraction of sp³-hybridized carbons (Fsp3) is 0.636. The van der Waals surface area contributed by atoms with Gasteiger partial charge in [-0.1, -0.05) is 37.3 Å². The van der Waals surface area contributed by atoms with Crippen LogP contribution in [0.3, 0.4) is 0 Å². The number of carbonyl (C=O) groups is 8. The molecule has 1 rings (SSSR count). The molecule has 0 saturated carbocycles. The summed E-state index contributed by atoms with van der Waals surface area (Å²) in [4.78, 5) is 101. The fourth-order valence-corrected chi connectivity index (χ4v) is 6.21. The van der Waals surface area contributed by atoms with Crippen LogP contribution in [0.25, 0.3) is 0 Å². The molecular weight excluding hydrogens is 823 g/mol. The largest absolute Gasteiger partial charge is 0.469 e. The monoisotopic (exact) mass is 891 g/mol. The van der Waals surface area contributed by atoms with Crippen molar-refractivity contribution >= 4 is 48.0 Å². The Hall–Kier alpha value is -5.88. The van der Waals surface area contributed by atoms with Crippen LogP contribution in [0.4, 0.5) is 14.4 Å². The van der Waals surface area contributed by atoms with Gasteiger partial charge in [-0.15, -0.1) is 0 Å². The maximum atomic E-state index is 12.7. The molecular formula is C44H69N5O14. The SMILES string of the molecule is C=CC(=O)N(CC)CCOC(=O)CC(CCCCNC(=O)OC(C)(C)c1ccc(C(C)(C)OC(=O)NCCCC[C@H](NC(=O)OCCN(CC)C(C)=O)C(=O)OC)cc1)C(=O)OC. The summed E-state index contributed by atoms with van der Waals surface area (Å²) in [7, 11) is 2.45. The predicted octanol–water partition coefficient (Wildman–Crippen LogP) is 4.84. The number of likely N-dealkylation sites (N-methyl/N-ethyl adjacent to an activating group) is 2. The van der Waals surface area contributed by atoms with E-state index in [-0.39, 0.29) is 64.0 Å². The van der Waals surface area contributed by atoms with Gasteiger partial charge in [0.1, 0.15) is 30.5 Å². The molecule has 0 aliphatic heterocycles. The summed E-state index contributed by atoms with van der Waals surface area (Å²) in [6.45, 7) is 17.2. The Balaban J connectivity index is 2.54. The first-order valence-electron chi connectivity index (χ1n) is 21.2. The zero-order valence-corrected chi connectivity index (χ0v) is 38.5. The lowest BCUT2D eigenvalue weighted by molar-refractivity contribution is -0.154. The first-order valence-corrected chi connectivity index (χ1v) is 21.2. The molecule has 1 aromatic carbocycles. The van der Waals surface area contributed by atoms with Crippen molar-refractivity contribution in [3.63, 3.8) is 0 Å². The number of methoxy groups -OCH3 is 2. The zero-order chi connectivity index (χ0) is 47.6. The lowest BCUT2D eigenvalue weighted by Gasteiger charge is -2.28. The van der Waals surface area contributed by atoms with Crippen molar-refractivity contribution in [2.24, 2.45) is 5.92 Å². The van der Waals surface area contributed by atoms with E-state index in [1.54, 1.807) is 58.9 Å². The molecule has 0 fully saturated rings. The van der Waals surface area contributed by atoms with Crippen LogP contribution in [-0.4, -0.2) is 131 Å². The molecule has 0 saturated heterocycles. The number of carbonyl (C=O) groups excluding carboxylic acids is 8. The lowest BCUT2D eigenvalue weighted by atomic mass is 9.92. The molecule has 2 atom stereocenters. The minimum atomic E-state index is -1.03. The van der Waals surface area contributed by atoms with Crippen molar-refractivity contribution in [1.29, 1.82) is 0 Å². The number of hydrogen-bond donors (Lipinski definition) is 3. The summed E-state index contributed by atoms with van der Waals surface area (Å²) >= 11 is 0. The van der Waals surface area contributed by atoms with E-state index in [9.17, 15) is 38.4 Å². The van der Waals surface area contributed by atoms with Crippen LogP contribution in [-0.2, 0) is 63.6 Å². The Morgan fingerprint density at radius 3 is 1.62 bits per heavy atom. The Bertz CT molecular complexity index is 1670. The molecule has 0 radical (unpaired) electrons. The summed E-state index contributed by atoms with van der Waals surface area (Å²) in [5.41, 5.74) is -0.677. The van der Waals surface area contributed by atoms with Gasteiger partial charge in [0.25, 0.3) is 0 Å². The van der Waals surface area contributed by atoms with Gasteiger partial charge in [0.05, 0.1) is 39.6 Å². The van der Waals surface area contributed by atoms with Gasteiger partial charge >= 0.3 is 36.2 Å². The van der Waals surface area contributed by atoms with Crippen LogP contribution in [0.2, 0.25) is 0 Å². The summed E-state index contributed by atoms with van der Waals surface area (Å²) in [6.07, 6.45) is 1.39. The van der Waals surface area contributed by atoms with Gasteiger partial charge in [-0.3, -0.25) is 19.2 Å². The minimum Gasteiger partial charge on any atom is -0.469 e. The van der Waals surface area contributed by atoms with E-state index in [2.05, 4.69) is 22.5 Å². The van der Waals surface area contributed by atoms with Gasteiger partial charge in [-0.2, -0.15) is 0 Å². The number of hydrogen-bond acceptors (Lipinski definition) is 14. The van der Waals surface area contributed by atoms with E-state index in [0.717, 1.165) is 0 Å². The van der Waals surface area contributed by atoms with Crippen LogP contribution < -0.4 is 16.0 Å². The van der Waals surface area contributed by atoms with E-state index in [1.165, 1.54) is 37.0 Å². The van der Waals surface area contributed by atoms with Gasteiger partial charge in [0, 0.05) is 33.1 Å². The first kappa shape index (κ1) is 55.1. The molecule has 0 spiro atoms. The fourth-order valence-electron chi connectivity index (χ4n) is 6.21. The average Bonchev–Trinajstić information content (AvgIpc) is 3.24. The number of nitrogens with zero attached hydrogens (tertiary/aromatic N) is 2. The minimum absolute atomic E-state index is 0.0152. The Morgan fingerprint density at radius 2 is 1.16 bits per heavy atom. The van der Waals surface area contributed by atoms with E-state index in [1.807, 2.05) is 6.92 Å². The number of ether oxygens (including phenoxy) is 6. The highest BCUT2D eigenvalue weighted by Gasteiger charge is 2.30. The zero-order valence-electron chi connectivity index (χ0n) is 38.5. The smallest absolute Gasteiger partial charge is 0.408 e. The summed E-state index contributed by atoms with van der Waals surface area (Å²) in [5.74, 6) is -2.91. The molecule has 0 heterocycles. The van der Waals surface area contributed by atoms with Crippen molar-refractivity contribution in [1.82, 2.24) is 25.8 Å². The van der Waals surface area contributed by atoms with E-state index in [0.29, 0.717) is 56.3 Å². The van der Waals surface area contributed by atoms with Gasteiger partial charge in [-0.25, -0.2) is 19.2 Å². The van der Waals surface area contributed by atoms with Crippen molar-refractivity contribution in [2.75, 3.05) is 66.7 Å². The molecule has 0 aromatic heterocycles. The van der Waals surface area contributed by atoms with E-state index < -0.39 is 59.3 Å². The molecule has 3 N–H and O–H groups in total. The van der Waals surface area contributed by atoms with Crippen molar-refractivity contribution < 1.29 is 66.8 Å². The van der Waals surface area contributed by atoms with Gasteiger partial charge in [0.2, 0.25) is 11.8 Å². The van der Waals surface area contributed by atoms with Crippen molar-refractivity contribution in [2.45, 2.75) is 111 Å². The van der Waals surface area contributed by atoms with Crippen LogP contribution in [0.1, 0.15) is 105 Å². The number of nitrogens with one attached hydrogen (secondary N) is 3. The van der Waals surface area contributed by atoms with Gasteiger partial charge in [-0.05, 0) is 90.8 Å². The van der Waals surface area contributed by atoms with Crippen molar-refractivity contribution in [3.05, 3.63) is 48.0 Å². The quantitative estimate of drug-likeness (QED) is 0.0442. The van der Waals surface area contributed by atoms with E-state index >= 15 is 0 Å². The third-order valence-corrected chi connectivity index (χ3v) is 10.0. The second-order valence-electron chi connectivity index (χ2n) is 15.4. The average molecular weight is 892 g/mol. The van der Waals surface area contributed by atoms with Crippen LogP contribution in [0.5, 0.6) is 0 Å². The van der Waals surface area contributed by atoms with E-state index in [4.69, 9.17) is 28.4 Å². The molecule has 63 heavy (non-hydrogen) atoms. The van der Waals surface area contributed by atoms with Gasteiger partial charge < -0.3 is 54.2 Å². The number of rotatable bonds is 28. The second kappa shape index (κ2) is 28.7. The van der Waals surface area contributed by atoms with Crippen molar-refractivity contribution in [3.8, 4) is 0 Å². The molecule has 354 valence electrons. The number of amides is 5.